The van der Waals surface area contributed by atoms with Crippen molar-refractivity contribution in [2.75, 3.05) is 17.6 Å². The number of alkyl halides is 1. The Hall–Kier alpha value is -1.79. The van der Waals surface area contributed by atoms with Gasteiger partial charge in [0.15, 0.2) is 17.8 Å². The van der Waals surface area contributed by atoms with Gasteiger partial charge < -0.3 is 25.2 Å². The number of rotatable bonds is 8. The maximum Gasteiger partial charge on any atom is 0.341 e. The van der Waals surface area contributed by atoms with Crippen LogP contribution in [0, 0.1) is 0 Å². The molecule has 0 aliphatic carbocycles. The van der Waals surface area contributed by atoms with Crippen LogP contribution in [0.1, 0.15) is 11.7 Å². The van der Waals surface area contributed by atoms with Crippen molar-refractivity contribution in [3.8, 4) is 0 Å². The fraction of sp³-hybridized carbons (Fsp3) is 0.375. The highest BCUT2D eigenvalue weighted by Crippen LogP contribution is 2.23. The van der Waals surface area contributed by atoms with Crippen LogP contribution in [0.5, 0.6) is 0 Å². The number of carbonyl (C=O) groups is 3. The summed E-state index contributed by atoms with van der Waals surface area (Å²) in [4.78, 5) is 36.4. The lowest BCUT2D eigenvalue weighted by Crippen LogP contribution is -2.72. The molecule has 2 rings (SSSR count). The Morgan fingerprint density at radius 3 is 2.58 bits per heavy atom. The third-order valence-corrected chi connectivity index (χ3v) is 4.96. The van der Waals surface area contributed by atoms with E-state index in [1.54, 1.807) is 30.3 Å². The molecule has 3 atom stereocenters. The first kappa shape index (κ1) is 20.5. The topological polar surface area (TPSA) is 116 Å². The van der Waals surface area contributed by atoms with Gasteiger partial charge in [-0.2, -0.15) is 0 Å². The van der Waals surface area contributed by atoms with E-state index in [2.05, 4.69) is 27.9 Å². The second kappa shape index (κ2) is 9.24. The normalized spacial score (nSPS) is 20.1. The molecular formula is C16H17IN2O6S. The lowest BCUT2D eigenvalue weighted by molar-refractivity contribution is -0.152. The van der Waals surface area contributed by atoms with Crippen molar-refractivity contribution in [2.45, 2.75) is 18.2 Å². The van der Waals surface area contributed by atoms with E-state index in [1.807, 2.05) is 0 Å². The number of halogens is 1. The lowest BCUT2D eigenvalue weighted by atomic mass is 9.96. The summed E-state index contributed by atoms with van der Waals surface area (Å²) in [6.07, 6.45) is -1.37. The Morgan fingerprint density at radius 1 is 1.35 bits per heavy atom. The third kappa shape index (κ3) is 4.89. The van der Waals surface area contributed by atoms with Crippen molar-refractivity contribution in [2.24, 2.45) is 0 Å². The molecular weight excluding hydrogens is 475 g/mol. The standard InChI is InChI=1S/C16H17IN2O6S/c17-6-10-13(16(24)19(10)7-12(26)25-8-11(20)21)18-15(23)14(22)9-4-2-1-3-5-9/h1-5,10,13-14,22H,6-8H2,(H,18,23)(H,20,21)/t10-,13+,14?/m0/s1. The number of likely N-dealkylation sites (tertiary alicyclic amines) is 1. The fourth-order valence-corrected chi connectivity index (χ4v) is 3.66. The zero-order valence-electron chi connectivity index (χ0n) is 13.5. The van der Waals surface area contributed by atoms with Gasteiger partial charge in [-0.1, -0.05) is 52.9 Å². The monoisotopic (exact) mass is 492 g/mol. The zero-order chi connectivity index (χ0) is 19.3. The van der Waals surface area contributed by atoms with Crippen LogP contribution in [0.15, 0.2) is 30.3 Å². The highest BCUT2D eigenvalue weighted by molar-refractivity contribution is 14.1. The Labute approximate surface area is 168 Å². The summed E-state index contributed by atoms with van der Waals surface area (Å²) in [6, 6.07) is 7.33. The number of amides is 2. The first-order chi connectivity index (χ1) is 12.3. The largest absolute Gasteiger partial charge is 0.479 e. The van der Waals surface area contributed by atoms with Crippen LogP contribution in [0.3, 0.4) is 0 Å². The minimum Gasteiger partial charge on any atom is -0.479 e. The molecule has 3 N–H and O–H groups in total. The van der Waals surface area contributed by atoms with Gasteiger partial charge in [0.05, 0.1) is 12.6 Å². The summed E-state index contributed by atoms with van der Waals surface area (Å²) >= 11 is 7.00. The summed E-state index contributed by atoms with van der Waals surface area (Å²) in [7, 11) is 0. The highest BCUT2D eigenvalue weighted by atomic mass is 127. The van der Waals surface area contributed by atoms with Crippen molar-refractivity contribution in [1.29, 1.82) is 0 Å². The average Bonchev–Trinajstić information content (AvgIpc) is 2.64. The zero-order valence-corrected chi connectivity index (χ0v) is 16.5. The van der Waals surface area contributed by atoms with E-state index in [-0.39, 0.29) is 23.5 Å². The van der Waals surface area contributed by atoms with E-state index in [1.165, 1.54) is 4.90 Å². The lowest BCUT2D eigenvalue weighted by Gasteiger charge is -2.46. The van der Waals surface area contributed by atoms with Crippen LogP contribution in [0.4, 0.5) is 0 Å². The molecule has 1 heterocycles. The Kier molecular flexibility index (Phi) is 7.29. The van der Waals surface area contributed by atoms with Crippen LogP contribution in [0.2, 0.25) is 0 Å². The molecule has 1 aromatic carbocycles. The van der Waals surface area contributed by atoms with Gasteiger partial charge in [0, 0.05) is 4.43 Å². The smallest absolute Gasteiger partial charge is 0.341 e. The minimum atomic E-state index is -1.37. The van der Waals surface area contributed by atoms with Crippen molar-refractivity contribution >= 4 is 57.6 Å². The predicted molar refractivity (Wildman–Crippen MR) is 104 cm³/mol. The van der Waals surface area contributed by atoms with Crippen molar-refractivity contribution < 1.29 is 29.3 Å². The van der Waals surface area contributed by atoms with Crippen LogP contribution >= 0.6 is 34.8 Å². The van der Waals surface area contributed by atoms with Gasteiger partial charge in [-0.05, 0) is 17.8 Å². The predicted octanol–water partition coefficient (Wildman–Crippen LogP) is 0.279. The number of hydrogen-bond donors (Lipinski definition) is 3. The number of benzene rings is 1. The van der Waals surface area contributed by atoms with Crippen LogP contribution in [-0.4, -0.2) is 67.6 Å². The maximum atomic E-state index is 12.3. The first-order valence-electron chi connectivity index (χ1n) is 7.62. The molecule has 1 unspecified atom stereocenters. The fourth-order valence-electron chi connectivity index (χ4n) is 2.48. The Balaban J connectivity index is 1.92. The van der Waals surface area contributed by atoms with Crippen molar-refractivity contribution in [3.63, 3.8) is 0 Å². The molecule has 0 saturated carbocycles. The molecule has 26 heavy (non-hydrogen) atoms. The SMILES string of the molecule is O=C(O)COC(=S)CN1C(=O)[C@H](NC(=O)C(O)c2ccccc2)[C@@H]1CI. The number of carbonyl (C=O) groups excluding carboxylic acids is 2. The number of aliphatic hydroxyl groups excluding tert-OH is 1. The van der Waals surface area contributed by atoms with E-state index in [4.69, 9.17) is 22.1 Å². The second-order valence-electron chi connectivity index (χ2n) is 5.54. The number of aliphatic hydroxyl groups is 1. The Bertz CT molecular complexity index is 701. The molecule has 0 radical (unpaired) electrons. The van der Waals surface area contributed by atoms with Gasteiger partial charge >= 0.3 is 5.97 Å². The van der Waals surface area contributed by atoms with Gasteiger partial charge in [-0.3, -0.25) is 9.59 Å². The molecule has 8 nitrogen and oxygen atoms in total. The summed E-state index contributed by atoms with van der Waals surface area (Å²) in [6.45, 7) is -0.595. The number of thiocarbonyl (C=S) groups is 1. The molecule has 1 aliphatic rings. The molecule has 0 aromatic heterocycles. The van der Waals surface area contributed by atoms with Gasteiger partial charge in [0.1, 0.15) is 6.04 Å². The summed E-state index contributed by atoms with van der Waals surface area (Å²) in [5, 5.41) is 21.2. The quantitative estimate of drug-likeness (QED) is 0.207. The van der Waals surface area contributed by atoms with E-state index in [9.17, 15) is 19.5 Å². The number of nitrogens with one attached hydrogen (secondary N) is 1. The van der Waals surface area contributed by atoms with Crippen molar-refractivity contribution in [1.82, 2.24) is 10.2 Å². The van der Waals surface area contributed by atoms with Crippen molar-refractivity contribution in [3.05, 3.63) is 35.9 Å². The summed E-state index contributed by atoms with van der Waals surface area (Å²) in [5.74, 6) is -2.18. The number of nitrogens with zero attached hydrogens (tertiary/aromatic N) is 1. The number of aliphatic carboxylic acids is 1. The van der Waals surface area contributed by atoms with Crippen LogP contribution < -0.4 is 5.32 Å². The number of hydrogen-bond acceptors (Lipinski definition) is 6. The van der Waals surface area contributed by atoms with Gasteiger partial charge in [-0.15, -0.1) is 0 Å². The molecule has 10 heteroatoms. The van der Waals surface area contributed by atoms with E-state index in [0.29, 0.717) is 9.99 Å². The van der Waals surface area contributed by atoms with Crippen LogP contribution in [-0.2, 0) is 19.1 Å². The number of ether oxygens (including phenoxy) is 1. The molecule has 2 amide bonds. The maximum absolute atomic E-state index is 12.3. The average molecular weight is 492 g/mol. The first-order valence-corrected chi connectivity index (χ1v) is 9.55. The van der Waals surface area contributed by atoms with E-state index >= 15 is 0 Å². The number of carboxylic acid groups (broad SMARTS) is 1. The molecule has 0 bridgehead atoms. The Morgan fingerprint density at radius 2 is 2.00 bits per heavy atom. The summed E-state index contributed by atoms with van der Waals surface area (Å²) < 4.78 is 5.40. The highest BCUT2D eigenvalue weighted by Gasteiger charge is 2.48. The number of β-lactam (4-membered cyclic amide) rings is 1. The van der Waals surface area contributed by atoms with Gasteiger partial charge in [-0.25, -0.2) is 4.79 Å². The van der Waals surface area contributed by atoms with Crippen LogP contribution in [0.25, 0.3) is 0 Å². The second-order valence-corrected chi connectivity index (χ2v) is 6.88. The van der Waals surface area contributed by atoms with E-state index in [0.717, 1.165) is 0 Å². The minimum absolute atomic E-state index is 0.00954. The molecule has 1 fully saturated rings. The van der Waals surface area contributed by atoms with Gasteiger partial charge in [0.2, 0.25) is 5.91 Å². The summed E-state index contributed by atoms with van der Waals surface area (Å²) in [5.41, 5.74) is 0.433. The molecule has 1 saturated heterocycles. The third-order valence-electron chi connectivity index (χ3n) is 3.81. The molecule has 140 valence electrons. The van der Waals surface area contributed by atoms with E-state index < -0.39 is 30.6 Å². The molecule has 1 aromatic rings. The molecule has 1 aliphatic heterocycles. The molecule has 0 spiro atoms. The number of carboxylic acids is 1. The van der Waals surface area contributed by atoms with Gasteiger partial charge in [0.25, 0.3) is 5.91 Å².